The van der Waals surface area contributed by atoms with Crippen molar-refractivity contribution in [2.45, 2.75) is 14.7 Å². The monoisotopic (exact) mass is 1050 g/mol. The highest BCUT2D eigenvalue weighted by Gasteiger charge is 2.52. The Morgan fingerprint density at radius 2 is 0.507 bits per heavy atom. The molecule has 8 aromatic rings. The van der Waals surface area contributed by atoms with Crippen molar-refractivity contribution in [1.82, 2.24) is 0 Å². The molecule has 8 aromatic carbocycles. The Hall–Kier alpha value is -6.88. The van der Waals surface area contributed by atoms with E-state index in [1.807, 2.05) is 0 Å². The van der Waals surface area contributed by atoms with Gasteiger partial charge in [0, 0.05) is 20.9 Å². The van der Waals surface area contributed by atoms with E-state index in [0.717, 1.165) is 4.90 Å². The third kappa shape index (κ3) is 8.55. The van der Waals surface area contributed by atoms with E-state index in [1.54, 1.807) is 11.8 Å². The molecule has 0 aliphatic rings. The summed E-state index contributed by atoms with van der Waals surface area (Å²) in [6.07, 6.45) is -7.22. The predicted molar refractivity (Wildman–Crippen MR) is 226 cm³/mol. The van der Waals surface area contributed by atoms with E-state index in [-0.39, 0.29) is 0 Å². The van der Waals surface area contributed by atoms with Crippen molar-refractivity contribution in [3.63, 3.8) is 0 Å². The van der Waals surface area contributed by atoms with Crippen molar-refractivity contribution in [2.24, 2.45) is 0 Å². The van der Waals surface area contributed by atoms with Crippen molar-refractivity contribution in [3.8, 4) is 22.3 Å². The average molecular weight is 1050 g/mol. The zero-order valence-corrected chi connectivity index (χ0v) is 36.2. The van der Waals surface area contributed by atoms with Gasteiger partial charge in [0.25, 0.3) is 0 Å². The van der Waals surface area contributed by atoms with Crippen molar-refractivity contribution in [2.75, 3.05) is 0 Å². The smallest absolute Gasteiger partial charge is 0.200 e. The summed E-state index contributed by atoms with van der Waals surface area (Å²) in [5.41, 5.74) is -9.40. The highest BCUT2D eigenvalue weighted by Crippen LogP contribution is 2.44. The molecule has 0 fully saturated rings. The molecule has 0 N–H and O–H groups in total. The standard InChI is InChI=1S/C24BF20.C24H18S2/c26-5-1(6(27)14(35)21(42)13(5)34)25(2-7(28)15(36)22(43)16(37)8(2)29,3-9(30)17(38)23(44)18(39)10(3)31)4-11(32)19(40)24(45)20(41)12(4)33;25-21-16-17-22(26-20-14-8-3-9-15-20)24(19-12-6-2-7-13-19)23(21)18-10-4-1-5-11-18/h;1-17,25H/q-1;/p+1. The highest BCUT2D eigenvalue weighted by molar-refractivity contribution is 7.99. The third-order valence-corrected chi connectivity index (χ3v) is 12.5. The van der Waals surface area contributed by atoms with Gasteiger partial charge in [-0.2, -0.15) is 0 Å². The van der Waals surface area contributed by atoms with E-state index in [0.29, 0.717) is 0 Å². The summed E-state index contributed by atoms with van der Waals surface area (Å²) in [6.45, 7) is 0. The van der Waals surface area contributed by atoms with Gasteiger partial charge >= 0.3 is 0 Å². The van der Waals surface area contributed by atoms with E-state index >= 15 is 35.1 Å². The molecule has 0 heterocycles. The van der Waals surface area contributed by atoms with Gasteiger partial charge in [0.2, 0.25) is 0 Å². The Morgan fingerprint density at radius 1 is 0.268 bits per heavy atom. The molecule has 71 heavy (non-hydrogen) atoms. The van der Waals surface area contributed by atoms with Crippen LogP contribution >= 0.6 is 11.8 Å². The van der Waals surface area contributed by atoms with Gasteiger partial charge < -0.3 is 0 Å². The lowest BCUT2D eigenvalue weighted by Crippen LogP contribution is -2.81. The summed E-state index contributed by atoms with van der Waals surface area (Å²) in [4.78, 5) is 3.60. The quantitative estimate of drug-likeness (QED) is 0.0480. The van der Waals surface area contributed by atoms with Crippen molar-refractivity contribution >= 4 is 52.4 Å². The third-order valence-electron chi connectivity index (χ3n) is 11.0. The molecule has 366 valence electrons. The molecule has 0 saturated carbocycles. The lowest BCUT2D eigenvalue weighted by molar-refractivity contribution is 0.378. The number of benzene rings is 8. The molecule has 8 rings (SSSR count). The van der Waals surface area contributed by atoms with Gasteiger partial charge in [0.05, 0.1) is 0 Å². The second-order valence-electron chi connectivity index (χ2n) is 14.8. The molecule has 0 nitrogen and oxygen atoms in total. The molecule has 23 heteroatoms. The Labute approximate surface area is 395 Å². The van der Waals surface area contributed by atoms with Gasteiger partial charge in [-0.3, -0.25) is 0 Å². The van der Waals surface area contributed by atoms with Gasteiger partial charge in [-0.25, -0.2) is 87.8 Å². The lowest BCUT2D eigenvalue weighted by Gasteiger charge is -2.44. The molecular weight excluding hydrogens is 1030 g/mol. The van der Waals surface area contributed by atoms with Crippen LogP contribution in [-0.2, 0) is 12.6 Å². The molecule has 0 radical (unpaired) electrons. The zero-order chi connectivity index (χ0) is 52.1. The maximum Gasteiger partial charge on any atom is 0.200 e. The van der Waals surface area contributed by atoms with E-state index in [2.05, 4.69) is 116 Å². The first-order valence-corrected chi connectivity index (χ1v) is 20.8. The normalized spacial score (nSPS) is 11.5. The Balaban J connectivity index is 0.000000240. The van der Waals surface area contributed by atoms with Crippen LogP contribution in [0.3, 0.4) is 0 Å². The molecule has 0 unspecified atom stereocenters. The fourth-order valence-corrected chi connectivity index (χ4v) is 9.31. The maximum absolute atomic E-state index is 15.4. The topological polar surface area (TPSA) is 0 Å². The minimum Gasteiger partial charge on any atom is -0.207 e. The van der Waals surface area contributed by atoms with E-state index in [4.69, 9.17) is 0 Å². The molecule has 0 amide bonds. The fourth-order valence-electron chi connectivity index (χ4n) is 7.95. The van der Waals surface area contributed by atoms with Crippen LogP contribution in [-0.4, -0.2) is 6.15 Å². The van der Waals surface area contributed by atoms with Crippen molar-refractivity contribution < 1.29 is 87.8 Å². The predicted octanol–water partition coefficient (Wildman–Crippen LogP) is 12.4. The second-order valence-corrected chi connectivity index (χ2v) is 16.5. The van der Waals surface area contributed by atoms with E-state index in [1.165, 1.54) is 32.0 Å². The number of hydrogen-bond acceptors (Lipinski definition) is 1. The van der Waals surface area contributed by atoms with Gasteiger partial charge in [-0.15, -0.1) is 21.9 Å². The van der Waals surface area contributed by atoms with Crippen LogP contribution in [0.1, 0.15) is 0 Å². The summed E-state index contributed by atoms with van der Waals surface area (Å²) in [7, 11) is 0. The lowest BCUT2D eigenvalue weighted by atomic mass is 9.12. The number of halogens is 20. The van der Waals surface area contributed by atoms with E-state index < -0.39 is 144 Å². The molecule has 0 aliphatic carbocycles. The average Bonchev–Trinajstić information content (AvgIpc) is 3.37. The van der Waals surface area contributed by atoms with E-state index in [9.17, 15) is 52.7 Å². The molecule has 0 atom stereocenters. The van der Waals surface area contributed by atoms with Crippen LogP contribution in [0.15, 0.2) is 118 Å². The van der Waals surface area contributed by atoms with Crippen LogP contribution in [0, 0.1) is 116 Å². The Kier molecular flexibility index (Phi) is 14.7. The van der Waals surface area contributed by atoms with Crippen molar-refractivity contribution in [1.29, 1.82) is 0 Å². The largest absolute Gasteiger partial charge is 0.207 e. The van der Waals surface area contributed by atoms with Gasteiger partial charge in [-0.05, 0) is 48.0 Å². The summed E-state index contributed by atoms with van der Waals surface area (Å²) < 4.78 is 294. The van der Waals surface area contributed by atoms with Gasteiger partial charge in [0.1, 0.15) is 52.7 Å². The zero-order valence-electron chi connectivity index (χ0n) is 34.4. The summed E-state index contributed by atoms with van der Waals surface area (Å²) >= 11 is 5.66. The Bertz CT molecular complexity index is 3010. The maximum atomic E-state index is 15.4. The molecule has 0 spiro atoms. The number of rotatable bonds is 8. The minimum absolute atomic E-state index is 1.10. The van der Waals surface area contributed by atoms with Crippen LogP contribution in [0.4, 0.5) is 87.8 Å². The fraction of sp³-hybridized carbons (Fsp3) is 0. The molecule has 0 aromatic heterocycles. The highest BCUT2D eigenvalue weighted by atomic mass is 32.2. The first kappa shape index (κ1) is 52.0. The summed E-state index contributed by atoms with van der Waals surface area (Å²) in [6, 6.07) is 36.1. The molecular formula is C48H19BF20S2. The first-order chi connectivity index (χ1) is 33.5. The summed E-state index contributed by atoms with van der Waals surface area (Å²) in [5.74, 6) is -71.4. The molecule has 0 bridgehead atoms. The molecule has 0 aliphatic heterocycles. The second kappa shape index (κ2) is 20.1. The number of hydrogen-bond donors (Lipinski definition) is 0. The summed E-state index contributed by atoms with van der Waals surface area (Å²) in [5, 5.41) is 0. The van der Waals surface area contributed by atoms with Crippen LogP contribution in [0.5, 0.6) is 0 Å². The van der Waals surface area contributed by atoms with Crippen LogP contribution < -0.4 is 21.9 Å². The molecule has 0 saturated heterocycles. The van der Waals surface area contributed by atoms with Crippen LogP contribution in [0.2, 0.25) is 0 Å². The van der Waals surface area contributed by atoms with Crippen molar-refractivity contribution in [3.05, 3.63) is 219 Å². The Morgan fingerprint density at radius 3 is 0.789 bits per heavy atom. The van der Waals surface area contributed by atoms with Gasteiger partial charge in [0.15, 0.2) is 74.7 Å². The van der Waals surface area contributed by atoms with Crippen LogP contribution in [0.25, 0.3) is 22.3 Å². The SMILES string of the molecule is Fc1c(F)c(F)c([B-](c2c(F)c(F)c(F)c(F)c2F)(c2c(F)c(F)c(F)c(F)c2F)c2c(F)c(F)c(F)c(F)c2F)c(F)c1F.[SH2+]c1ccc(Sc2ccccc2)c(-c2ccccc2)c1-c1ccccc1. The first-order valence-electron chi connectivity index (χ1n) is 19.5. The minimum atomic E-state index is -7.22. The van der Waals surface area contributed by atoms with Gasteiger partial charge in [-0.1, -0.05) is 90.6 Å².